The lowest BCUT2D eigenvalue weighted by Crippen LogP contribution is -2.15. The molecule has 1 aromatic rings. The molecule has 0 fully saturated rings. The molecule has 0 radical (unpaired) electrons. The fraction of sp³-hybridized carbons (Fsp3) is 0.200. The van der Waals surface area contributed by atoms with Crippen LogP contribution >= 0.6 is 11.6 Å². The van der Waals surface area contributed by atoms with E-state index in [0.29, 0.717) is 16.1 Å². The molecular weight excluding hydrogens is 216 g/mol. The average Bonchev–Trinajstić information content (AvgIpc) is 2.17. The number of benzene rings is 1. The number of rotatable bonds is 3. The van der Waals surface area contributed by atoms with Crippen LogP contribution in [0.15, 0.2) is 18.2 Å². The molecule has 78 valence electrons. The van der Waals surface area contributed by atoms with Crippen LogP contribution in [0.3, 0.4) is 0 Å². The van der Waals surface area contributed by atoms with E-state index in [4.69, 9.17) is 27.7 Å². The van der Waals surface area contributed by atoms with Crippen LogP contribution in [-0.2, 0) is 4.79 Å². The van der Waals surface area contributed by atoms with Crippen molar-refractivity contribution < 1.29 is 9.90 Å². The van der Waals surface area contributed by atoms with E-state index in [9.17, 15) is 4.79 Å². The van der Waals surface area contributed by atoms with E-state index in [-0.39, 0.29) is 6.42 Å². The molecule has 1 rings (SSSR count). The highest BCUT2D eigenvalue weighted by Crippen LogP contribution is 2.21. The lowest BCUT2D eigenvalue weighted by Gasteiger charge is -2.09. The van der Waals surface area contributed by atoms with Gasteiger partial charge in [0.2, 0.25) is 0 Å². The number of carbonyl (C=O) groups is 1. The fourth-order valence-corrected chi connectivity index (χ4v) is 1.32. The maximum absolute atomic E-state index is 10.4. The van der Waals surface area contributed by atoms with Crippen LogP contribution in [0.4, 0.5) is 0 Å². The standard InChI is InChI=1S/C10H9ClN2O2/c11-8-2-1-6(3-7(8)5-12)9(13)4-10(14)15/h1-3,9H,4,13H2,(H,14,15). The van der Waals surface area contributed by atoms with Gasteiger partial charge in [-0.15, -0.1) is 0 Å². The predicted molar refractivity (Wildman–Crippen MR) is 55.3 cm³/mol. The largest absolute Gasteiger partial charge is 0.481 e. The molecule has 0 saturated carbocycles. The van der Waals surface area contributed by atoms with Crippen molar-refractivity contribution in [3.63, 3.8) is 0 Å². The minimum absolute atomic E-state index is 0.174. The quantitative estimate of drug-likeness (QED) is 0.818. The number of aliphatic carboxylic acids is 1. The first kappa shape index (κ1) is 11.5. The second-order valence-electron chi connectivity index (χ2n) is 3.06. The Morgan fingerprint density at radius 3 is 2.87 bits per heavy atom. The van der Waals surface area contributed by atoms with Crippen LogP contribution in [0, 0.1) is 11.3 Å². The number of carboxylic acids is 1. The van der Waals surface area contributed by atoms with Gasteiger partial charge in [-0.2, -0.15) is 5.26 Å². The number of carboxylic acid groups (broad SMARTS) is 1. The Kier molecular flexibility index (Phi) is 3.67. The molecule has 0 aliphatic carbocycles. The van der Waals surface area contributed by atoms with Crippen LogP contribution in [0.1, 0.15) is 23.6 Å². The molecule has 0 aliphatic rings. The van der Waals surface area contributed by atoms with E-state index in [2.05, 4.69) is 0 Å². The second-order valence-corrected chi connectivity index (χ2v) is 3.46. The molecule has 0 amide bonds. The molecule has 5 heteroatoms. The van der Waals surface area contributed by atoms with Crippen molar-refractivity contribution in [2.24, 2.45) is 5.73 Å². The highest BCUT2D eigenvalue weighted by Gasteiger charge is 2.12. The second kappa shape index (κ2) is 4.78. The molecule has 0 saturated heterocycles. The van der Waals surface area contributed by atoms with E-state index in [1.807, 2.05) is 6.07 Å². The lowest BCUT2D eigenvalue weighted by atomic mass is 10.0. The van der Waals surface area contributed by atoms with Gasteiger partial charge < -0.3 is 10.8 Å². The van der Waals surface area contributed by atoms with Crippen LogP contribution in [0.2, 0.25) is 5.02 Å². The van der Waals surface area contributed by atoms with Crippen molar-refractivity contribution in [2.75, 3.05) is 0 Å². The van der Waals surface area contributed by atoms with Gasteiger partial charge in [0, 0.05) is 6.04 Å². The highest BCUT2D eigenvalue weighted by molar-refractivity contribution is 6.31. The number of hydrogen-bond acceptors (Lipinski definition) is 3. The highest BCUT2D eigenvalue weighted by atomic mass is 35.5. The zero-order valence-electron chi connectivity index (χ0n) is 7.77. The van der Waals surface area contributed by atoms with Crippen LogP contribution in [-0.4, -0.2) is 11.1 Å². The van der Waals surface area contributed by atoms with Crippen molar-refractivity contribution in [1.29, 1.82) is 5.26 Å². The van der Waals surface area contributed by atoms with Gasteiger partial charge in [-0.05, 0) is 17.7 Å². The Hall–Kier alpha value is -1.57. The minimum atomic E-state index is -0.976. The Morgan fingerprint density at radius 2 is 2.33 bits per heavy atom. The number of halogens is 1. The summed E-state index contributed by atoms with van der Waals surface area (Å²) >= 11 is 5.73. The summed E-state index contributed by atoms with van der Waals surface area (Å²) in [5.74, 6) is -0.976. The van der Waals surface area contributed by atoms with Gasteiger partial charge in [-0.25, -0.2) is 0 Å². The van der Waals surface area contributed by atoms with E-state index in [0.717, 1.165) is 0 Å². The van der Waals surface area contributed by atoms with E-state index in [1.165, 1.54) is 12.1 Å². The van der Waals surface area contributed by atoms with Gasteiger partial charge in [0.25, 0.3) is 0 Å². The number of nitrogens with two attached hydrogens (primary N) is 1. The molecule has 4 nitrogen and oxygen atoms in total. The maximum Gasteiger partial charge on any atom is 0.305 e. The summed E-state index contributed by atoms with van der Waals surface area (Å²) in [5, 5.41) is 17.6. The van der Waals surface area contributed by atoms with Crippen molar-refractivity contribution in [3.05, 3.63) is 34.3 Å². The molecule has 0 aliphatic heterocycles. The van der Waals surface area contributed by atoms with Crippen molar-refractivity contribution in [3.8, 4) is 6.07 Å². The maximum atomic E-state index is 10.4. The van der Waals surface area contributed by atoms with E-state index < -0.39 is 12.0 Å². The predicted octanol–water partition coefficient (Wildman–Crippen LogP) is 1.69. The molecule has 0 aromatic heterocycles. The summed E-state index contributed by atoms with van der Waals surface area (Å²) in [7, 11) is 0. The summed E-state index contributed by atoms with van der Waals surface area (Å²) in [5.41, 5.74) is 6.53. The van der Waals surface area contributed by atoms with Crippen molar-refractivity contribution >= 4 is 17.6 Å². The van der Waals surface area contributed by atoms with Gasteiger partial charge in [-0.1, -0.05) is 17.7 Å². The molecule has 1 aromatic carbocycles. The Bertz CT molecular complexity index is 426. The fourth-order valence-electron chi connectivity index (χ4n) is 1.17. The third-order valence-electron chi connectivity index (χ3n) is 1.93. The van der Waals surface area contributed by atoms with Crippen LogP contribution < -0.4 is 5.73 Å². The minimum Gasteiger partial charge on any atom is -0.481 e. The molecule has 3 N–H and O–H groups in total. The first-order chi connectivity index (χ1) is 7.04. The van der Waals surface area contributed by atoms with Crippen molar-refractivity contribution in [1.82, 2.24) is 0 Å². The van der Waals surface area contributed by atoms with Gasteiger partial charge in [0.1, 0.15) is 6.07 Å². The van der Waals surface area contributed by atoms with Crippen LogP contribution in [0.25, 0.3) is 0 Å². The van der Waals surface area contributed by atoms with E-state index >= 15 is 0 Å². The molecule has 1 unspecified atom stereocenters. The van der Waals surface area contributed by atoms with E-state index in [1.54, 1.807) is 6.07 Å². The number of hydrogen-bond donors (Lipinski definition) is 2. The van der Waals surface area contributed by atoms with Gasteiger partial charge >= 0.3 is 5.97 Å². The smallest absolute Gasteiger partial charge is 0.305 e. The van der Waals surface area contributed by atoms with Gasteiger partial charge in [0.15, 0.2) is 0 Å². The Morgan fingerprint density at radius 1 is 1.67 bits per heavy atom. The summed E-state index contributed by atoms with van der Waals surface area (Å²) in [6, 6.07) is 5.96. The first-order valence-electron chi connectivity index (χ1n) is 4.21. The van der Waals surface area contributed by atoms with Crippen LogP contribution in [0.5, 0.6) is 0 Å². The summed E-state index contributed by atoms with van der Waals surface area (Å²) < 4.78 is 0. The van der Waals surface area contributed by atoms with Gasteiger partial charge in [-0.3, -0.25) is 4.79 Å². The zero-order valence-corrected chi connectivity index (χ0v) is 8.53. The number of nitriles is 1. The molecule has 0 bridgehead atoms. The third-order valence-corrected chi connectivity index (χ3v) is 2.26. The summed E-state index contributed by atoms with van der Waals surface area (Å²) in [6.45, 7) is 0. The first-order valence-corrected chi connectivity index (χ1v) is 4.59. The third kappa shape index (κ3) is 2.94. The number of nitrogens with zero attached hydrogens (tertiary/aromatic N) is 1. The normalized spacial score (nSPS) is 11.8. The summed E-state index contributed by atoms with van der Waals surface area (Å²) in [6.07, 6.45) is -0.174. The Balaban J connectivity index is 2.96. The average molecular weight is 225 g/mol. The molecule has 0 heterocycles. The molecular formula is C10H9ClN2O2. The summed E-state index contributed by atoms with van der Waals surface area (Å²) in [4.78, 5) is 10.4. The zero-order chi connectivity index (χ0) is 11.4. The SMILES string of the molecule is N#Cc1cc(C(N)CC(=O)O)ccc1Cl. The topological polar surface area (TPSA) is 87.1 Å². The monoisotopic (exact) mass is 224 g/mol. The lowest BCUT2D eigenvalue weighted by molar-refractivity contribution is -0.137. The molecule has 1 atom stereocenters. The van der Waals surface area contributed by atoms with Gasteiger partial charge in [0.05, 0.1) is 17.0 Å². The Labute approximate surface area is 91.9 Å². The van der Waals surface area contributed by atoms with Crippen molar-refractivity contribution in [2.45, 2.75) is 12.5 Å². The molecule has 0 spiro atoms. The molecule has 15 heavy (non-hydrogen) atoms.